The molecular weight excluding hydrogens is 399 g/mol. The first kappa shape index (κ1) is 19.9. The number of aryl methyl sites for hydroxylation is 2. The van der Waals surface area contributed by atoms with Crippen LogP contribution in [0.2, 0.25) is 0 Å². The summed E-state index contributed by atoms with van der Waals surface area (Å²) in [5, 5.41) is 12.0. The molecule has 3 aromatic rings. The molecule has 2 aromatic heterocycles. The molecule has 1 aromatic carbocycles. The number of carbonyl (C=O) groups excluding carboxylic acids is 1. The Balaban J connectivity index is 1.79. The van der Waals surface area contributed by atoms with E-state index in [9.17, 15) is 19.1 Å². The molecule has 6 nitrogen and oxygen atoms in total. The Morgan fingerprint density at radius 2 is 2.00 bits per heavy atom. The Hall–Kier alpha value is -3.06. The maximum Gasteiger partial charge on any atom is 0.343 e. The van der Waals surface area contributed by atoms with Crippen LogP contribution in [-0.2, 0) is 41.1 Å². The summed E-state index contributed by atoms with van der Waals surface area (Å²) in [6.45, 7) is 3.41. The normalized spacial score (nSPS) is 19.2. The van der Waals surface area contributed by atoms with Crippen molar-refractivity contribution in [2.45, 2.75) is 51.9 Å². The molecule has 1 atom stereocenters. The molecule has 0 saturated carbocycles. The van der Waals surface area contributed by atoms with Crippen LogP contribution in [0.3, 0.4) is 0 Å². The molecule has 31 heavy (non-hydrogen) atoms. The molecule has 2 aliphatic heterocycles. The number of halogens is 1. The van der Waals surface area contributed by atoms with Crippen molar-refractivity contribution in [1.82, 2.24) is 9.55 Å². The number of rotatable bonds is 4. The van der Waals surface area contributed by atoms with Crippen LogP contribution in [0.25, 0.3) is 22.3 Å². The quantitative estimate of drug-likeness (QED) is 0.511. The SMILES string of the molecule is CCc1ccc2nc3c(c(CC)c2c1)Cn1c-3cc2c(c1=O)COC(=O)C2(O)CCF. The fourth-order valence-corrected chi connectivity index (χ4v) is 4.87. The minimum Gasteiger partial charge on any atom is -0.458 e. The number of esters is 1. The molecule has 0 bridgehead atoms. The van der Waals surface area contributed by atoms with Crippen LogP contribution in [0.5, 0.6) is 0 Å². The first-order chi connectivity index (χ1) is 14.9. The van der Waals surface area contributed by atoms with Gasteiger partial charge in [-0.2, -0.15) is 0 Å². The van der Waals surface area contributed by atoms with Gasteiger partial charge in [0.2, 0.25) is 0 Å². The highest BCUT2D eigenvalue weighted by atomic mass is 19.1. The number of nitrogens with zero attached hydrogens (tertiary/aromatic N) is 2. The van der Waals surface area contributed by atoms with E-state index in [0.29, 0.717) is 17.9 Å². The number of aromatic nitrogens is 2. The summed E-state index contributed by atoms with van der Waals surface area (Å²) in [7, 11) is 0. The Kier molecular flexibility index (Phi) is 4.48. The zero-order valence-electron chi connectivity index (χ0n) is 17.5. The van der Waals surface area contributed by atoms with Gasteiger partial charge in [-0.25, -0.2) is 9.78 Å². The molecule has 160 valence electrons. The van der Waals surface area contributed by atoms with Crippen LogP contribution in [-0.4, -0.2) is 27.3 Å². The largest absolute Gasteiger partial charge is 0.458 e. The average Bonchev–Trinajstić information content (AvgIpc) is 3.13. The molecule has 1 N–H and O–H groups in total. The van der Waals surface area contributed by atoms with Crippen molar-refractivity contribution in [2.24, 2.45) is 0 Å². The van der Waals surface area contributed by atoms with Crippen molar-refractivity contribution in [3.05, 3.63) is 62.4 Å². The van der Waals surface area contributed by atoms with E-state index in [-0.39, 0.29) is 23.3 Å². The molecule has 0 fully saturated rings. The third-order valence-corrected chi connectivity index (χ3v) is 6.58. The van der Waals surface area contributed by atoms with Gasteiger partial charge >= 0.3 is 5.97 Å². The van der Waals surface area contributed by atoms with Crippen LogP contribution < -0.4 is 5.56 Å². The monoisotopic (exact) mass is 422 g/mol. The summed E-state index contributed by atoms with van der Waals surface area (Å²) >= 11 is 0. The second-order valence-corrected chi connectivity index (χ2v) is 8.16. The van der Waals surface area contributed by atoms with Gasteiger partial charge in [0.25, 0.3) is 5.56 Å². The molecular formula is C24H23FN2O4. The van der Waals surface area contributed by atoms with Gasteiger partial charge in [0.1, 0.15) is 6.61 Å². The molecule has 0 amide bonds. The van der Waals surface area contributed by atoms with Gasteiger partial charge in [0.15, 0.2) is 5.60 Å². The molecule has 2 aliphatic rings. The van der Waals surface area contributed by atoms with Gasteiger partial charge in [-0.15, -0.1) is 0 Å². The molecule has 0 radical (unpaired) electrons. The second kappa shape index (κ2) is 6.99. The lowest BCUT2D eigenvalue weighted by Crippen LogP contribution is -2.45. The number of benzene rings is 1. The summed E-state index contributed by atoms with van der Waals surface area (Å²) in [5.74, 6) is -0.923. The van der Waals surface area contributed by atoms with Crippen LogP contribution in [0.15, 0.2) is 29.1 Å². The van der Waals surface area contributed by atoms with Crippen molar-refractivity contribution in [1.29, 1.82) is 0 Å². The molecule has 0 aliphatic carbocycles. The minimum absolute atomic E-state index is 0.131. The van der Waals surface area contributed by atoms with Gasteiger partial charge in [0.05, 0.1) is 35.7 Å². The molecule has 7 heteroatoms. The van der Waals surface area contributed by atoms with E-state index in [1.807, 2.05) is 12.1 Å². The zero-order valence-corrected chi connectivity index (χ0v) is 17.5. The van der Waals surface area contributed by atoms with E-state index in [1.165, 1.54) is 5.56 Å². The summed E-state index contributed by atoms with van der Waals surface area (Å²) in [5.41, 5.74) is 3.22. The van der Waals surface area contributed by atoms with Gasteiger partial charge in [-0.05, 0) is 42.2 Å². The van der Waals surface area contributed by atoms with Gasteiger partial charge in [0, 0.05) is 22.9 Å². The van der Waals surface area contributed by atoms with Crippen LogP contribution in [0.4, 0.5) is 4.39 Å². The first-order valence-electron chi connectivity index (χ1n) is 10.6. The minimum atomic E-state index is -2.17. The Morgan fingerprint density at radius 1 is 1.19 bits per heavy atom. The molecule has 1 unspecified atom stereocenters. The maximum absolute atomic E-state index is 13.3. The van der Waals surface area contributed by atoms with E-state index >= 15 is 0 Å². The number of hydrogen-bond acceptors (Lipinski definition) is 5. The lowest BCUT2D eigenvalue weighted by Gasteiger charge is -2.32. The standard InChI is InChI=1S/C24H23FN2O4/c1-3-13-5-6-19-15(9-13)14(4-2)16-11-27-20(21(16)26-19)10-18-17(22(27)28)12-31-23(29)24(18,30)7-8-25/h5-6,9-10,30H,3-4,7-8,11-12H2,1-2H3. The zero-order chi connectivity index (χ0) is 21.9. The predicted molar refractivity (Wildman–Crippen MR) is 114 cm³/mol. The maximum atomic E-state index is 13.3. The third kappa shape index (κ3) is 2.69. The number of fused-ring (bicyclic) bond motifs is 5. The third-order valence-electron chi connectivity index (χ3n) is 6.58. The lowest BCUT2D eigenvalue weighted by molar-refractivity contribution is -0.173. The second-order valence-electron chi connectivity index (χ2n) is 8.16. The highest BCUT2D eigenvalue weighted by Crippen LogP contribution is 2.40. The van der Waals surface area contributed by atoms with Crippen LogP contribution in [0, 0.1) is 0 Å². The number of alkyl halides is 1. The summed E-state index contributed by atoms with van der Waals surface area (Å²) in [6.07, 6.45) is 1.24. The number of aliphatic hydroxyl groups is 1. The van der Waals surface area contributed by atoms with E-state index in [0.717, 1.165) is 34.9 Å². The summed E-state index contributed by atoms with van der Waals surface area (Å²) < 4.78 is 19.8. The molecule has 4 heterocycles. The van der Waals surface area contributed by atoms with Gasteiger partial charge in [-0.3, -0.25) is 9.18 Å². The van der Waals surface area contributed by atoms with Crippen molar-refractivity contribution >= 4 is 16.9 Å². The Morgan fingerprint density at radius 3 is 2.71 bits per heavy atom. The fourth-order valence-electron chi connectivity index (χ4n) is 4.87. The fraction of sp³-hybridized carbons (Fsp3) is 0.375. The van der Waals surface area contributed by atoms with Gasteiger partial charge in [-0.1, -0.05) is 19.9 Å². The first-order valence-corrected chi connectivity index (χ1v) is 10.6. The predicted octanol–water partition coefficient (Wildman–Crippen LogP) is 3.15. The number of pyridine rings is 2. The molecule has 0 saturated heterocycles. The number of cyclic esters (lactones) is 1. The van der Waals surface area contributed by atoms with Crippen molar-refractivity contribution in [2.75, 3.05) is 6.67 Å². The van der Waals surface area contributed by atoms with Crippen molar-refractivity contribution in [3.8, 4) is 11.4 Å². The van der Waals surface area contributed by atoms with Crippen LogP contribution >= 0.6 is 0 Å². The van der Waals surface area contributed by atoms with Gasteiger partial charge < -0.3 is 14.4 Å². The Bertz CT molecular complexity index is 1310. The summed E-state index contributed by atoms with van der Waals surface area (Å²) in [4.78, 5) is 30.5. The van der Waals surface area contributed by atoms with Crippen molar-refractivity contribution < 1.29 is 19.0 Å². The van der Waals surface area contributed by atoms with Crippen molar-refractivity contribution in [3.63, 3.8) is 0 Å². The smallest absolute Gasteiger partial charge is 0.343 e. The van der Waals surface area contributed by atoms with E-state index in [4.69, 9.17) is 9.72 Å². The molecule has 5 rings (SSSR count). The molecule has 0 spiro atoms. The Labute approximate surface area is 178 Å². The topological polar surface area (TPSA) is 81.4 Å². The lowest BCUT2D eigenvalue weighted by atomic mass is 9.85. The number of carbonyl (C=O) groups is 1. The number of ether oxygens (including phenoxy) is 1. The van der Waals surface area contributed by atoms with E-state index in [2.05, 4.69) is 19.9 Å². The van der Waals surface area contributed by atoms with Crippen LogP contribution in [0.1, 0.15) is 48.1 Å². The highest BCUT2D eigenvalue weighted by molar-refractivity contribution is 5.89. The highest BCUT2D eigenvalue weighted by Gasteiger charge is 2.46. The summed E-state index contributed by atoms with van der Waals surface area (Å²) in [6, 6.07) is 7.82. The number of hydrogen-bond donors (Lipinski definition) is 1. The van der Waals surface area contributed by atoms with E-state index in [1.54, 1.807) is 10.6 Å². The van der Waals surface area contributed by atoms with E-state index < -0.39 is 24.7 Å². The average molecular weight is 422 g/mol.